The molecule has 0 radical (unpaired) electrons. The fourth-order valence-electron chi connectivity index (χ4n) is 3.80. The lowest BCUT2D eigenvalue weighted by Crippen LogP contribution is -2.42. The fraction of sp³-hybridized carbons (Fsp3) is 0.409. The number of aromatic nitrogens is 3. The Balaban J connectivity index is 1.51. The first kappa shape index (κ1) is 20.6. The molecule has 2 aromatic heterocycles. The van der Waals surface area contributed by atoms with Crippen LogP contribution in [0.15, 0.2) is 36.8 Å². The Bertz CT molecular complexity index is 1090. The molecule has 0 spiro atoms. The Labute approximate surface area is 179 Å². The second kappa shape index (κ2) is 7.87. The standard InChI is InChI=1S/C22H24ClFN4O2/c1-22(2,3)27-21(29)30-11-13-7-16(8-13)28-10-17(14-5-4-6-15(24)9-14)18-19(23)25-12-26-20(18)28/h4-6,9-10,12-13,16H,7-8,11H2,1-3H3,(H,27,29). The summed E-state index contributed by atoms with van der Waals surface area (Å²) in [5, 5.41) is 3.85. The molecule has 1 fully saturated rings. The normalized spacial score (nSPS) is 18.8. The van der Waals surface area contributed by atoms with E-state index in [1.807, 2.05) is 33.0 Å². The van der Waals surface area contributed by atoms with Crippen LogP contribution in [0.1, 0.15) is 39.7 Å². The summed E-state index contributed by atoms with van der Waals surface area (Å²) in [5.74, 6) is -0.0242. The van der Waals surface area contributed by atoms with Gasteiger partial charge in [-0.2, -0.15) is 0 Å². The van der Waals surface area contributed by atoms with E-state index in [2.05, 4.69) is 19.9 Å². The Morgan fingerprint density at radius 1 is 1.33 bits per heavy atom. The summed E-state index contributed by atoms with van der Waals surface area (Å²) >= 11 is 6.37. The lowest BCUT2D eigenvalue weighted by atomic mass is 9.80. The molecule has 4 rings (SSSR count). The molecule has 0 bridgehead atoms. The lowest BCUT2D eigenvalue weighted by Gasteiger charge is -2.36. The maximum absolute atomic E-state index is 13.8. The number of carbonyl (C=O) groups is 1. The van der Waals surface area contributed by atoms with E-state index in [-0.39, 0.29) is 23.3 Å². The number of rotatable bonds is 4. The highest BCUT2D eigenvalue weighted by molar-refractivity contribution is 6.35. The highest BCUT2D eigenvalue weighted by Crippen LogP contribution is 2.43. The average molecular weight is 431 g/mol. The van der Waals surface area contributed by atoms with Gasteiger partial charge in [0, 0.05) is 23.3 Å². The Hall–Kier alpha value is -2.67. The van der Waals surface area contributed by atoms with Crippen LogP contribution in [-0.4, -0.2) is 32.8 Å². The Kier molecular flexibility index (Phi) is 5.40. The number of carbonyl (C=O) groups excluding carboxylic acids is 1. The van der Waals surface area contributed by atoms with Gasteiger partial charge in [-0.05, 0) is 57.2 Å². The van der Waals surface area contributed by atoms with E-state index in [4.69, 9.17) is 16.3 Å². The number of halogens is 2. The molecule has 1 aromatic carbocycles. The second-order valence-electron chi connectivity index (χ2n) is 8.79. The van der Waals surface area contributed by atoms with Gasteiger partial charge in [0.25, 0.3) is 0 Å². The molecule has 3 aromatic rings. The van der Waals surface area contributed by atoms with Crippen molar-refractivity contribution in [3.8, 4) is 11.1 Å². The van der Waals surface area contributed by atoms with Crippen molar-refractivity contribution in [1.82, 2.24) is 19.9 Å². The number of hydrogen-bond donors (Lipinski definition) is 1. The summed E-state index contributed by atoms with van der Waals surface area (Å²) in [6.07, 6.45) is 4.72. The van der Waals surface area contributed by atoms with E-state index in [0.717, 1.165) is 29.6 Å². The molecule has 1 N–H and O–H groups in total. The number of ether oxygens (including phenoxy) is 1. The van der Waals surface area contributed by atoms with Crippen LogP contribution in [0.4, 0.5) is 9.18 Å². The molecule has 158 valence electrons. The van der Waals surface area contributed by atoms with Crippen LogP contribution < -0.4 is 5.32 Å². The van der Waals surface area contributed by atoms with Gasteiger partial charge in [-0.3, -0.25) is 0 Å². The third kappa shape index (κ3) is 4.26. The van der Waals surface area contributed by atoms with E-state index in [1.54, 1.807) is 6.07 Å². The SMILES string of the molecule is CC(C)(C)NC(=O)OCC1CC(n2cc(-c3cccc(F)c3)c3c(Cl)ncnc32)C1. The van der Waals surface area contributed by atoms with Crippen LogP contribution in [0.3, 0.4) is 0 Å². The molecule has 0 aliphatic heterocycles. The molecule has 1 amide bonds. The summed E-state index contributed by atoms with van der Waals surface area (Å²) in [4.78, 5) is 20.4. The van der Waals surface area contributed by atoms with Crippen molar-refractivity contribution in [2.45, 2.75) is 45.2 Å². The number of benzene rings is 1. The summed E-state index contributed by atoms with van der Waals surface area (Å²) < 4.78 is 21.2. The van der Waals surface area contributed by atoms with Crippen molar-refractivity contribution < 1.29 is 13.9 Å². The van der Waals surface area contributed by atoms with Crippen LogP contribution in [0, 0.1) is 11.7 Å². The number of hydrogen-bond acceptors (Lipinski definition) is 4. The molecule has 1 aliphatic carbocycles. The van der Waals surface area contributed by atoms with Gasteiger partial charge in [0.05, 0.1) is 12.0 Å². The molecule has 30 heavy (non-hydrogen) atoms. The Morgan fingerprint density at radius 2 is 2.10 bits per heavy atom. The van der Waals surface area contributed by atoms with Gasteiger partial charge >= 0.3 is 6.09 Å². The first-order valence-corrected chi connectivity index (χ1v) is 10.3. The molecule has 1 aliphatic rings. The largest absolute Gasteiger partial charge is 0.449 e. The van der Waals surface area contributed by atoms with Gasteiger partial charge < -0.3 is 14.6 Å². The van der Waals surface area contributed by atoms with Crippen LogP contribution in [-0.2, 0) is 4.74 Å². The van der Waals surface area contributed by atoms with Crippen LogP contribution >= 0.6 is 11.6 Å². The summed E-state index contributed by atoms with van der Waals surface area (Å²) in [6.45, 7) is 6.11. The minimum Gasteiger partial charge on any atom is -0.449 e. The highest BCUT2D eigenvalue weighted by Gasteiger charge is 2.33. The number of fused-ring (bicyclic) bond motifs is 1. The average Bonchev–Trinajstić information content (AvgIpc) is 3.00. The van der Waals surface area contributed by atoms with Crippen LogP contribution in [0.5, 0.6) is 0 Å². The van der Waals surface area contributed by atoms with Crippen LogP contribution in [0.25, 0.3) is 22.2 Å². The molecule has 0 saturated heterocycles. The quantitative estimate of drug-likeness (QED) is 0.565. The molecular weight excluding hydrogens is 407 g/mol. The van der Waals surface area contributed by atoms with Gasteiger partial charge in [0.2, 0.25) is 0 Å². The maximum Gasteiger partial charge on any atom is 0.407 e. The van der Waals surface area contributed by atoms with Crippen molar-refractivity contribution in [2.75, 3.05) is 6.61 Å². The summed E-state index contributed by atoms with van der Waals surface area (Å²) in [6, 6.07) is 6.61. The molecule has 2 heterocycles. The summed E-state index contributed by atoms with van der Waals surface area (Å²) in [7, 11) is 0. The van der Waals surface area contributed by atoms with E-state index in [9.17, 15) is 9.18 Å². The third-order valence-corrected chi connectivity index (χ3v) is 5.52. The molecule has 0 unspecified atom stereocenters. The molecule has 8 heteroatoms. The first-order chi connectivity index (χ1) is 14.2. The topological polar surface area (TPSA) is 69.0 Å². The zero-order chi connectivity index (χ0) is 21.5. The predicted molar refractivity (Wildman–Crippen MR) is 114 cm³/mol. The smallest absolute Gasteiger partial charge is 0.407 e. The predicted octanol–water partition coefficient (Wildman–Crippen LogP) is 5.37. The van der Waals surface area contributed by atoms with E-state index >= 15 is 0 Å². The maximum atomic E-state index is 13.8. The van der Waals surface area contributed by atoms with Gasteiger partial charge in [-0.15, -0.1) is 0 Å². The van der Waals surface area contributed by atoms with E-state index in [0.29, 0.717) is 17.1 Å². The zero-order valence-electron chi connectivity index (χ0n) is 17.2. The van der Waals surface area contributed by atoms with Crippen molar-refractivity contribution in [1.29, 1.82) is 0 Å². The molecule has 1 saturated carbocycles. The first-order valence-electron chi connectivity index (χ1n) is 9.93. The lowest BCUT2D eigenvalue weighted by molar-refractivity contribution is 0.0764. The van der Waals surface area contributed by atoms with Gasteiger partial charge in [-0.25, -0.2) is 19.2 Å². The highest BCUT2D eigenvalue weighted by atomic mass is 35.5. The van der Waals surface area contributed by atoms with Gasteiger partial charge in [0.1, 0.15) is 22.9 Å². The minimum absolute atomic E-state index is 0.208. The number of amides is 1. The van der Waals surface area contributed by atoms with Crippen molar-refractivity contribution in [3.63, 3.8) is 0 Å². The number of nitrogens with one attached hydrogen (secondary N) is 1. The van der Waals surface area contributed by atoms with E-state index < -0.39 is 6.09 Å². The molecule has 6 nitrogen and oxygen atoms in total. The van der Waals surface area contributed by atoms with Gasteiger partial charge in [-0.1, -0.05) is 23.7 Å². The second-order valence-corrected chi connectivity index (χ2v) is 9.15. The van der Waals surface area contributed by atoms with Crippen LogP contribution in [0.2, 0.25) is 5.15 Å². The monoisotopic (exact) mass is 430 g/mol. The minimum atomic E-state index is -0.398. The Morgan fingerprint density at radius 3 is 2.80 bits per heavy atom. The zero-order valence-corrected chi connectivity index (χ0v) is 17.9. The summed E-state index contributed by atoms with van der Waals surface area (Å²) in [5.41, 5.74) is 1.94. The van der Waals surface area contributed by atoms with Gasteiger partial charge in [0.15, 0.2) is 0 Å². The molecule has 0 atom stereocenters. The number of alkyl carbamates (subject to hydrolysis) is 1. The van der Waals surface area contributed by atoms with Crippen molar-refractivity contribution in [2.24, 2.45) is 5.92 Å². The molecular formula is C22H24ClFN4O2. The van der Waals surface area contributed by atoms with Crippen molar-refractivity contribution >= 4 is 28.7 Å². The van der Waals surface area contributed by atoms with Crippen molar-refractivity contribution in [3.05, 3.63) is 47.8 Å². The number of nitrogens with zero attached hydrogens (tertiary/aromatic N) is 3. The fourth-order valence-corrected chi connectivity index (χ4v) is 4.03. The third-order valence-electron chi connectivity index (χ3n) is 5.23. The van der Waals surface area contributed by atoms with E-state index in [1.165, 1.54) is 18.5 Å².